The van der Waals surface area contributed by atoms with Crippen LogP contribution in [0.2, 0.25) is 5.02 Å². The topological polar surface area (TPSA) is 21.3 Å². The van der Waals surface area contributed by atoms with E-state index < -0.39 is 0 Å². The molecule has 106 valence electrons. The Morgan fingerprint density at radius 3 is 2.47 bits per heavy atom. The summed E-state index contributed by atoms with van der Waals surface area (Å²) < 4.78 is 6.21. The number of ether oxygens (including phenoxy) is 1. The Kier molecular flexibility index (Phi) is 4.42. The van der Waals surface area contributed by atoms with Gasteiger partial charge in [-0.1, -0.05) is 23.7 Å². The normalized spacial score (nSPS) is 17.9. The second-order valence-electron chi connectivity index (χ2n) is 6.50. The lowest BCUT2D eigenvalue weighted by atomic mass is 9.77. The Morgan fingerprint density at radius 2 is 1.95 bits per heavy atom. The van der Waals surface area contributed by atoms with Gasteiger partial charge in [0.1, 0.15) is 11.4 Å². The third-order valence-electron chi connectivity index (χ3n) is 3.66. The molecule has 0 amide bonds. The van der Waals surface area contributed by atoms with Crippen LogP contribution in [-0.2, 0) is 0 Å². The van der Waals surface area contributed by atoms with Crippen LogP contribution in [-0.4, -0.2) is 17.7 Å². The van der Waals surface area contributed by atoms with E-state index >= 15 is 0 Å². The van der Waals surface area contributed by atoms with Gasteiger partial charge in [-0.15, -0.1) is 0 Å². The zero-order valence-corrected chi connectivity index (χ0v) is 12.9. The summed E-state index contributed by atoms with van der Waals surface area (Å²) >= 11 is 6.18. The molecular formula is C16H24ClNO. The first kappa shape index (κ1) is 14.7. The van der Waals surface area contributed by atoms with Gasteiger partial charge in [0.15, 0.2) is 0 Å². The van der Waals surface area contributed by atoms with Crippen LogP contribution in [0.1, 0.15) is 46.5 Å². The van der Waals surface area contributed by atoms with Crippen molar-refractivity contribution >= 4 is 11.6 Å². The van der Waals surface area contributed by atoms with E-state index in [2.05, 4.69) is 26.1 Å². The average Bonchev–Trinajstić information content (AvgIpc) is 2.27. The van der Waals surface area contributed by atoms with Gasteiger partial charge in [-0.3, -0.25) is 0 Å². The van der Waals surface area contributed by atoms with Gasteiger partial charge in [0.05, 0.1) is 5.02 Å². The lowest BCUT2D eigenvalue weighted by molar-refractivity contribution is -0.0151. The number of hydrogen-bond donors (Lipinski definition) is 1. The highest BCUT2D eigenvalue weighted by Crippen LogP contribution is 2.41. The summed E-state index contributed by atoms with van der Waals surface area (Å²) in [6.07, 6.45) is 4.55. The van der Waals surface area contributed by atoms with Gasteiger partial charge in [0.25, 0.3) is 0 Å². The molecule has 19 heavy (non-hydrogen) atoms. The summed E-state index contributed by atoms with van der Waals surface area (Å²) in [5, 5.41) is 4.24. The largest absolute Gasteiger partial charge is 0.486 e. The molecule has 0 unspecified atom stereocenters. The summed E-state index contributed by atoms with van der Waals surface area (Å²) in [6, 6.07) is 7.75. The predicted octanol–water partition coefficient (Wildman–Crippen LogP) is 4.42. The maximum Gasteiger partial charge on any atom is 0.138 e. The number of para-hydroxylation sites is 1. The first-order valence-electron chi connectivity index (χ1n) is 7.09. The standard InChI is InChI=1S/C16H24ClNO/c1-15(2,3)18-12-11-16(9-6-10-16)19-14-8-5-4-7-13(14)17/h4-5,7-8,18H,6,9-12H2,1-3H3. The molecule has 3 heteroatoms. The van der Waals surface area contributed by atoms with Crippen LogP contribution in [0, 0.1) is 0 Å². The maximum atomic E-state index is 6.21. The zero-order valence-electron chi connectivity index (χ0n) is 12.1. The lowest BCUT2D eigenvalue weighted by Crippen LogP contribution is -2.47. The summed E-state index contributed by atoms with van der Waals surface area (Å²) in [7, 11) is 0. The van der Waals surface area contributed by atoms with Crippen molar-refractivity contribution in [2.24, 2.45) is 0 Å². The highest BCUT2D eigenvalue weighted by atomic mass is 35.5. The van der Waals surface area contributed by atoms with Crippen LogP contribution in [0.5, 0.6) is 5.75 Å². The molecule has 1 aromatic carbocycles. The molecule has 2 rings (SSSR count). The quantitative estimate of drug-likeness (QED) is 0.863. The van der Waals surface area contributed by atoms with Crippen molar-refractivity contribution in [3.8, 4) is 5.75 Å². The minimum Gasteiger partial charge on any atom is -0.486 e. The van der Waals surface area contributed by atoms with E-state index in [1.54, 1.807) is 0 Å². The number of rotatable bonds is 5. The Morgan fingerprint density at radius 1 is 1.26 bits per heavy atom. The number of benzene rings is 1. The zero-order chi connectivity index (χ0) is 13.9. The van der Waals surface area contributed by atoms with E-state index in [4.69, 9.17) is 16.3 Å². The molecule has 2 nitrogen and oxygen atoms in total. The fraction of sp³-hybridized carbons (Fsp3) is 0.625. The van der Waals surface area contributed by atoms with E-state index in [0.717, 1.165) is 31.6 Å². The summed E-state index contributed by atoms with van der Waals surface area (Å²) in [5.74, 6) is 0.819. The van der Waals surface area contributed by atoms with Crippen molar-refractivity contribution in [2.45, 2.75) is 57.6 Å². The molecular weight excluding hydrogens is 258 g/mol. The predicted molar refractivity (Wildman–Crippen MR) is 81.0 cm³/mol. The van der Waals surface area contributed by atoms with Crippen LogP contribution >= 0.6 is 11.6 Å². The maximum absolute atomic E-state index is 6.21. The molecule has 0 bridgehead atoms. The minimum absolute atomic E-state index is 0.0107. The average molecular weight is 282 g/mol. The molecule has 1 aliphatic carbocycles. The summed E-state index contributed by atoms with van der Waals surface area (Å²) in [5.41, 5.74) is 0.151. The van der Waals surface area contributed by atoms with Crippen molar-refractivity contribution in [2.75, 3.05) is 6.54 Å². The third kappa shape index (κ3) is 4.12. The van der Waals surface area contributed by atoms with E-state index in [1.165, 1.54) is 6.42 Å². The minimum atomic E-state index is -0.0107. The van der Waals surface area contributed by atoms with Crippen LogP contribution in [0.15, 0.2) is 24.3 Å². The van der Waals surface area contributed by atoms with Gasteiger partial charge in [0.2, 0.25) is 0 Å². The number of nitrogens with one attached hydrogen (secondary N) is 1. The molecule has 0 heterocycles. The van der Waals surface area contributed by atoms with Crippen molar-refractivity contribution in [1.29, 1.82) is 0 Å². The van der Waals surface area contributed by atoms with Crippen LogP contribution in [0.4, 0.5) is 0 Å². The fourth-order valence-corrected chi connectivity index (χ4v) is 2.57. The number of hydrogen-bond acceptors (Lipinski definition) is 2. The molecule has 1 saturated carbocycles. The van der Waals surface area contributed by atoms with E-state index in [9.17, 15) is 0 Å². The highest BCUT2D eigenvalue weighted by Gasteiger charge is 2.39. The Bertz CT molecular complexity index is 421. The SMILES string of the molecule is CC(C)(C)NCCC1(Oc2ccccc2Cl)CCC1. The smallest absolute Gasteiger partial charge is 0.138 e. The lowest BCUT2D eigenvalue weighted by Gasteiger charge is -2.42. The first-order valence-corrected chi connectivity index (χ1v) is 7.47. The highest BCUT2D eigenvalue weighted by molar-refractivity contribution is 6.32. The molecule has 0 atom stereocenters. The molecule has 0 spiro atoms. The van der Waals surface area contributed by atoms with Gasteiger partial charge in [-0.25, -0.2) is 0 Å². The van der Waals surface area contributed by atoms with Crippen molar-refractivity contribution in [1.82, 2.24) is 5.32 Å². The van der Waals surface area contributed by atoms with E-state index in [1.807, 2.05) is 24.3 Å². The molecule has 1 aliphatic rings. The van der Waals surface area contributed by atoms with Crippen LogP contribution in [0.3, 0.4) is 0 Å². The summed E-state index contributed by atoms with van der Waals surface area (Å²) in [6.45, 7) is 7.55. The van der Waals surface area contributed by atoms with E-state index in [-0.39, 0.29) is 11.1 Å². The van der Waals surface area contributed by atoms with Crippen LogP contribution < -0.4 is 10.1 Å². The molecule has 0 radical (unpaired) electrons. The Balaban J connectivity index is 1.94. The first-order chi connectivity index (χ1) is 8.90. The van der Waals surface area contributed by atoms with Gasteiger partial charge >= 0.3 is 0 Å². The molecule has 0 saturated heterocycles. The monoisotopic (exact) mass is 281 g/mol. The third-order valence-corrected chi connectivity index (χ3v) is 3.98. The van der Waals surface area contributed by atoms with Gasteiger partial charge in [-0.2, -0.15) is 0 Å². The second-order valence-corrected chi connectivity index (χ2v) is 6.90. The van der Waals surface area contributed by atoms with E-state index in [0.29, 0.717) is 5.02 Å². The Labute approximate surface area is 121 Å². The van der Waals surface area contributed by atoms with Gasteiger partial charge < -0.3 is 10.1 Å². The Hall–Kier alpha value is -0.730. The van der Waals surface area contributed by atoms with Crippen molar-refractivity contribution < 1.29 is 4.74 Å². The molecule has 0 aliphatic heterocycles. The van der Waals surface area contributed by atoms with Gasteiger partial charge in [0, 0.05) is 5.54 Å². The second kappa shape index (κ2) is 5.72. The molecule has 0 aromatic heterocycles. The molecule has 1 N–H and O–H groups in total. The number of halogens is 1. The van der Waals surface area contributed by atoms with Crippen LogP contribution in [0.25, 0.3) is 0 Å². The van der Waals surface area contributed by atoms with Crippen molar-refractivity contribution in [3.05, 3.63) is 29.3 Å². The van der Waals surface area contributed by atoms with Crippen molar-refractivity contribution in [3.63, 3.8) is 0 Å². The summed E-state index contributed by atoms with van der Waals surface area (Å²) in [4.78, 5) is 0. The molecule has 1 fully saturated rings. The van der Waals surface area contributed by atoms with Gasteiger partial charge in [-0.05, 0) is 65.1 Å². The molecule has 1 aromatic rings. The fourth-order valence-electron chi connectivity index (χ4n) is 2.40.